The first-order valence-corrected chi connectivity index (χ1v) is 5.69. The molecule has 0 spiro atoms. The van der Waals surface area contributed by atoms with Gasteiger partial charge in [-0.25, -0.2) is 0 Å². The molecule has 1 heterocycles. The first-order valence-electron chi connectivity index (χ1n) is 4.81. The Morgan fingerprint density at radius 2 is 1.54 bits per heavy atom. The van der Waals surface area contributed by atoms with Crippen LogP contribution in [0.5, 0.6) is 0 Å². The minimum Gasteiger partial charge on any atom is -0.118 e. The molecule has 0 aromatic carbocycles. The molecule has 13 heavy (non-hydrogen) atoms. The number of fused-ring (bicyclic) bond motifs is 1. The molecule has 0 radical (unpaired) electrons. The maximum Gasteiger partial charge on any atom is 0.0282 e. The molecule has 1 unspecified atom stereocenters. The van der Waals surface area contributed by atoms with Crippen LogP contribution in [0.1, 0.15) is 34.6 Å². The highest BCUT2D eigenvalue weighted by Gasteiger charge is 2.31. The highest BCUT2D eigenvalue weighted by atomic mass is 32.2. The smallest absolute Gasteiger partial charge is 0.0282 e. The minimum absolute atomic E-state index is 0.683. The molecule has 0 bridgehead atoms. The van der Waals surface area contributed by atoms with Crippen LogP contribution in [0.15, 0.2) is 32.8 Å². The fraction of sp³-hybridized carbons (Fsp3) is 0.500. The first-order chi connectivity index (χ1) is 6.04. The van der Waals surface area contributed by atoms with Crippen LogP contribution in [0.4, 0.5) is 0 Å². The van der Waals surface area contributed by atoms with E-state index in [-0.39, 0.29) is 0 Å². The van der Waals surface area contributed by atoms with Crippen molar-refractivity contribution in [3.05, 3.63) is 32.8 Å². The second kappa shape index (κ2) is 2.78. The van der Waals surface area contributed by atoms with Gasteiger partial charge >= 0.3 is 0 Å². The standard InChI is InChI=1S/C12H16S/c1-6-7(2)11-9(4)10(5)13-12(11)8(6)3/h10H,1-5H3. The van der Waals surface area contributed by atoms with Crippen molar-refractivity contribution in [1.29, 1.82) is 0 Å². The lowest BCUT2D eigenvalue weighted by molar-refractivity contribution is 1.12. The Balaban J connectivity index is 2.64. The van der Waals surface area contributed by atoms with E-state index in [2.05, 4.69) is 34.6 Å². The Morgan fingerprint density at radius 1 is 0.923 bits per heavy atom. The lowest BCUT2D eigenvalue weighted by Gasteiger charge is -2.05. The normalized spacial score (nSPS) is 27.9. The van der Waals surface area contributed by atoms with Gasteiger partial charge in [-0.3, -0.25) is 0 Å². The zero-order valence-electron chi connectivity index (χ0n) is 8.99. The summed E-state index contributed by atoms with van der Waals surface area (Å²) in [5.41, 5.74) is 7.60. The summed E-state index contributed by atoms with van der Waals surface area (Å²) in [6.45, 7) is 11.3. The molecule has 0 saturated heterocycles. The van der Waals surface area contributed by atoms with Crippen molar-refractivity contribution < 1.29 is 0 Å². The molecule has 0 nitrogen and oxygen atoms in total. The molecule has 2 rings (SSSR count). The SMILES string of the molecule is CC1=C(C)C2=C(C)C(C)SC2=C1C. The van der Waals surface area contributed by atoms with Gasteiger partial charge in [0.05, 0.1) is 0 Å². The highest BCUT2D eigenvalue weighted by molar-refractivity contribution is 8.04. The van der Waals surface area contributed by atoms with E-state index >= 15 is 0 Å². The topological polar surface area (TPSA) is 0 Å². The second-order valence-corrected chi connectivity index (χ2v) is 5.37. The lowest BCUT2D eigenvalue weighted by Crippen LogP contribution is -1.93. The second-order valence-electron chi connectivity index (χ2n) is 4.02. The van der Waals surface area contributed by atoms with E-state index in [1.54, 1.807) is 16.1 Å². The molecule has 1 aliphatic carbocycles. The summed E-state index contributed by atoms with van der Waals surface area (Å²) in [5, 5.41) is 0.683. The number of hydrogen-bond donors (Lipinski definition) is 0. The van der Waals surface area contributed by atoms with E-state index in [0.29, 0.717) is 5.25 Å². The zero-order valence-corrected chi connectivity index (χ0v) is 9.80. The molecule has 0 fully saturated rings. The van der Waals surface area contributed by atoms with E-state index < -0.39 is 0 Å². The van der Waals surface area contributed by atoms with Gasteiger partial charge in [-0.2, -0.15) is 0 Å². The third-order valence-corrected chi connectivity index (χ3v) is 4.82. The van der Waals surface area contributed by atoms with Crippen LogP contribution in [0.2, 0.25) is 0 Å². The molecule has 0 saturated carbocycles. The van der Waals surface area contributed by atoms with Crippen LogP contribution in [0.3, 0.4) is 0 Å². The summed E-state index contributed by atoms with van der Waals surface area (Å²) in [5.74, 6) is 0. The molecular weight excluding hydrogens is 176 g/mol. The Morgan fingerprint density at radius 3 is 2.08 bits per heavy atom. The Labute approximate surface area is 84.8 Å². The van der Waals surface area contributed by atoms with Gasteiger partial charge in [-0.05, 0) is 56.9 Å². The zero-order chi connectivity index (χ0) is 9.75. The first kappa shape index (κ1) is 9.14. The Kier molecular flexibility index (Phi) is 1.95. The summed E-state index contributed by atoms with van der Waals surface area (Å²) < 4.78 is 0. The third kappa shape index (κ3) is 1.06. The lowest BCUT2D eigenvalue weighted by atomic mass is 10.0. The maximum atomic E-state index is 2.30. The van der Waals surface area contributed by atoms with Gasteiger partial charge in [-0.1, -0.05) is 5.57 Å². The van der Waals surface area contributed by atoms with Crippen LogP contribution in [0, 0.1) is 0 Å². The van der Waals surface area contributed by atoms with Crippen LogP contribution < -0.4 is 0 Å². The summed E-state index contributed by atoms with van der Waals surface area (Å²) in [7, 11) is 0. The van der Waals surface area contributed by atoms with E-state index in [0.717, 1.165) is 0 Å². The van der Waals surface area contributed by atoms with E-state index in [1.165, 1.54) is 16.7 Å². The monoisotopic (exact) mass is 192 g/mol. The van der Waals surface area contributed by atoms with Gasteiger partial charge in [0.2, 0.25) is 0 Å². The van der Waals surface area contributed by atoms with Crippen molar-refractivity contribution in [1.82, 2.24) is 0 Å². The predicted molar refractivity (Wildman–Crippen MR) is 60.8 cm³/mol. The number of hydrogen-bond acceptors (Lipinski definition) is 1. The summed E-state index contributed by atoms with van der Waals surface area (Å²) >= 11 is 2.02. The summed E-state index contributed by atoms with van der Waals surface area (Å²) in [6.07, 6.45) is 0. The third-order valence-electron chi connectivity index (χ3n) is 3.37. The summed E-state index contributed by atoms with van der Waals surface area (Å²) in [4.78, 5) is 1.54. The molecule has 0 aromatic rings. The fourth-order valence-electron chi connectivity index (χ4n) is 2.09. The van der Waals surface area contributed by atoms with Crippen LogP contribution in [0.25, 0.3) is 0 Å². The van der Waals surface area contributed by atoms with E-state index in [4.69, 9.17) is 0 Å². The average molecular weight is 192 g/mol. The molecular formula is C12H16S. The molecule has 1 atom stereocenters. The maximum absolute atomic E-state index is 2.30. The van der Waals surface area contributed by atoms with Crippen LogP contribution in [-0.4, -0.2) is 5.25 Å². The Hall–Kier alpha value is -0.430. The fourth-order valence-corrected chi connectivity index (χ4v) is 3.50. The van der Waals surface area contributed by atoms with Crippen molar-refractivity contribution in [3.63, 3.8) is 0 Å². The van der Waals surface area contributed by atoms with Gasteiger partial charge in [0.25, 0.3) is 0 Å². The van der Waals surface area contributed by atoms with Crippen molar-refractivity contribution >= 4 is 11.8 Å². The summed E-state index contributed by atoms with van der Waals surface area (Å²) in [6, 6.07) is 0. The van der Waals surface area contributed by atoms with Gasteiger partial charge < -0.3 is 0 Å². The van der Waals surface area contributed by atoms with Gasteiger partial charge in [0.15, 0.2) is 0 Å². The molecule has 1 aliphatic heterocycles. The number of rotatable bonds is 0. The van der Waals surface area contributed by atoms with E-state index in [9.17, 15) is 0 Å². The molecule has 0 N–H and O–H groups in total. The van der Waals surface area contributed by atoms with Gasteiger partial charge in [0.1, 0.15) is 0 Å². The van der Waals surface area contributed by atoms with Gasteiger partial charge in [0, 0.05) is 10.2 Å². The van der Waals surface area contributed by atoms with Crippen molar-refractivity contribution in [2.75, 3.05) is 0 Å². The highest BCUT2D eigenvalue weighted by Crippen LogP contribution is 2.52. The Bertz CT molecular complexity index is 367. The van der Waals surface area contributed by atoms with Gasteiger partial charge in [-0.15, -0.1) is 11.8 Å². The molecule has 0 amide bonds. The molecule has 0 aromatic heterocycles. The van der Waals surface area contributed by atoms with Crippen LogP contribution >= 0.6 is 11.8 Å². The molecule has 2 aliphatic rings. The molecule has 1 heteroatoms. The van der Waals surface area contributed by atoms with E-state index in [1.807, 2.05) is 11.8 Å². The minimum atomic E-state index is 0.683. The average Bonchev–Trinajstić information content (AvgIpc) is 2.48. The number of allylic oxidation sites excluding steroid dienone is 4. The van der Waals surface area contributed by atoms with Crippen LogP contribution in [-0.2, 0) is 0 Å². The van der Waals surface area contributed by atoms with Crippen molar-refractivity contribution in [2.45, 2.75) is 39.9 Å². The predicted octanol–water partition coefficient (Wildman–Crippen LogP) is 4.06. The molecule has 70 valence electrons. The number of thioether (sulfide) groups is 1. The van der Waals surface area contributed by atoms with Crippen molar-refractivity contribution in [2.24, 2.45) is 0 Å². The quantitative estimate of drug-likeness (QED) is 0.557. The van der Waals surface area contributed by atoms with Crippen molar-refractivity contribution in [3.8, 4) is 0 Å². The largest absolute Gasteiger partial charge is 0.118 e.